The third-order valence-corrected chi connectivity index (χ3v) is 12.8. The van der Waals surface area contributed by atoms with E-state index in [0.29, 0.717) is 50.2 Å². The van der Waals surface area contributed by atoms with Gasteiger partial charge in [-0.15, -0.1) is 0 Å². The van der Waals surface area contributed by atoms with Crippen molar-refractivity contribution in [3.8, 4) is 56.7 Å². The molecule has 6 nitrogen and oxygen atoms in total. The molecule has 0 radical (unpaired) electrons. The molecule has 0 aliphatic heterocycles. The highest BCUT2D eigenvalue weighted by atomic mass is 19.4. The van der Waals surface area contributed by atoms with Gasteiger partial charge in [0.1, 0.15) is 11.2 Å². The third-order valence-electron chi connectivity index (χ3n) is 12.8. The predicted octanol–water partition coefficient (Wildman–Crippen LogP) is 15.7. The Bertz CT molecular complexity index is 4010. The van der Waals surface area contributed by atoms with E-state index in [1.807, 2.05) is 152 Å². The van der Waals surface area contributed by atoms with E-state index in [-0.39, 0.29) is 22.7 Å². The maximum atomic E-state index is 16.5. The Labute approximate surface area is 380 Å². The van der Waals surface area contributed by atoms with Crippen LogP contribution in [0.1, 0.15) is 5.56 Å². The van der Waals surface area contributed by atoms with Crippen molar-refractivity contribution in [1.29, 1.82) is 0 Å². The fourth-order valence-electron chi connectivity index (χ4n) is 9.81. The third kappa shape index (κ3) is 6.16. The van der Waals surface area contributed by atoms with Gasteiger partial charge in [0.15, 0.2) is 17.5 Å². The van der Waals surface area contributed by atoms with Crippen LogP contribution in [0.25, 0.3) is 122 Å². The van der Waals surface area contributed by atoms with Crippen molar-refractivity contribution < 1.29 is 17.6 Å². The van der Waals surface area contributed by atoms with Crippen LogP contribution in [0, 0.1) is 0 Å². The Hall–Kier alpha value is -8.82. The van der Waals surface area contributed by atoms with Crippen LogP contribution in [0.2, 0.25) is 0 Å². The summed E-state index contributed by atoms with van der Waals surface area (Å²) in [6.45, 7) is 0. The molecule has 0 unspecified atom stereocenters. The van der Waals surface area contributed by atoms with E-state index in [4.69, 9.17) is 19.4 Å². The molecule has 9 heteroatoms. The van der Waals surface area contributed by atoms with E-state index in [0.717, 1.165) is 55.5 Å². The van der Waals surface area contributed by atoms with E-state index >= 15 is 13.2 Å². The second-order valence-electron chi connectivity index (χ2n) is 16.7. The van der Waals surface area contributed by atoms with Gasteiger partial charge in [0.25, 0.3) is 0 Å². The number of halogens is 3. The van der Waals surface area contributed by atoms with Crippen LogP contribution in [0.15, 0.2) is 211 Å². The van der Waals surface area contributed by atoms with Crippen molar-refractivity contribution in [2.75, 3.05) is 0 Å². The van der Waals surface area contributed by atoms with Crippen molar-refractivity contribution in [3.63, 3.8) is 0 Å². The largest absolute Gasteiger partial charge is 0.455 e. The van der Waals surface area contributed by atoms with Gasteiger partial charge >= 0.3 is 6.18 Å². The molecule has 0 amide bonds. The smallest absolute Gasteiger partial charge is 0.418 e. The number of hydrogen-bond donors (Lipinski definition) is 0. The fraction of sp³-hybridized carbons (Fsp3) is 0.0172. The number of nitrogens with zero attached hydrogens (tertiary/aromatic N) is 5. The van der Waals surface area contributed by atoms with E-state index in [9.17, 15) is 0 Å². The average molecular weight is 874 g/mol. The van der Waals surface area contributed by atoms with Gasteiger partial charge in [-0.2, -0.15) is 13.2 Å². The zero-order valence-electron chi connectivity index (χ0n) is 35.4. The van der Waals surface area contributed by atoms with E-state index in [1.165, 1.54) is 0 Å². The first-order valence-electron chi connectivity index (χ1n) is 21.9. The van der Waals surface area contributed by atoms with Crippen LogP contribution >= 0.6 is 0 Å². The van der Waals surface area contributed by atoms with E-state index in [2.05, 4.69) is 47.0 Å². The monoisotopic (exact) mass is 873 g/mol. The van der Waals surface area contributed by atoms with E-state index in [1.54, 1.807) is 10.6 Å². The summed E-state index contributed by atoms with van der Waals surface area (Å²) in [6.07, 6.45) is -4.85. The first kappa shape index (κ1) is 38.6. The normalized spacial score (nSPS) is 12.1. The molecule has 4 heterocycles. The number of benzene rings is 9. The summed E-state index contributed by atoms with van der Waals surface area (Å²) in [5.41, 5.74) is 7.31. The first-order chi connectivity index (χ1) is 32.9. The molecule has 0 saturated heterocycles. The van der Waals surface area contributed by atoms with Crippen molar-refractivity contribution in [2.24, 2.45) is 0 Å². The van der Waals surface area contributed by atoms with Gasteiger partial charge in [0.2, 0.25) is 0 Å². The number of alkyl halides is 3. The minimum absolute atomic E-state index is 0.0459. The highest BCUT2D eigenvalue weighted by Crippen LogP contribution is 2.49. The first-order valence-corrected chi connectivity index (χ1v) is 21.9. The topological polar surface area (TPSA) is 61.7 Å². The summed E-state index contributed by atoms with van der Waals surface area (Å²) in [6, 6.07) is 65.7. The zero-order valence-corrected chi connectivity index (χ0v) is 35.4. The van der Waals surface area contributed by atoms with Gasteiger partial charge in [0, 0.05) is 43.7 Å². The van der Waals surface area contributed by atoms with Gasteiger partial charge in [-0.1, -0.05) is 152 Å². The molecule has 318 valence electrons. The van der Waals surface area contributed by atoms with Crippen LogP contribution in [0.4, 0.5) is 13.2 Å². The number of aromatic nitrogens is 5. The summed E-state index contributed by atoms with van der Waals surface area (Å²) in [4.78, 5) is 14.6. The Morgan fingerprint density at radius 3 is 1.55 bits per heavy atom. The number of fused-ring (bicyclic) bond motifs is 9. The molecule has 0 atom stereocenters. The van der Waals surface area contributed by atoms with Crippen molar-refractivity contribution in [2.45, 2.75) is 6.18 Å². The molecule has 0 aliphatic carbocycles. The summed E-state index contributed by atoms with van der Waals surface area (Å²) in [5, 5.41) is 4.31. The zero-order chi connectivity index (χ0) is 44.8. The number of hydrogen-bond acceptors (Lipinski definition) is 4. The Kier molecular flexibility index (Phi) is 8.57. The minimum atomic E-state index is -4.85. The van der Waals surface area contributed by atoms with Gasteiger partial charge in [-0.3, -0.25) is 0 Å². The van der Waals surface area contributed by atoms with Crippen LogP contribution in [-0.4, -0.2) is 24.1 Å². The SMILES string of the molecule is FC(F)(F)c1cc(-c2nc(-c3ccccc3)nc(-c3ccccc3)n2)c2oc3ccccc3c2c1-n1c2ccc(-c3ccccc3)cc2c2cc3c(cc21)c1ccccc1n3-c1ccccc1. The lowest BCUT2D eigenvalue weighted by Gasteiger charge is -2.19. The van der Waals surface area contributed by atoms with Gasteiger partial charge in [0.05, 0.1) is 44.3 Å². The predicted molar refractivity (Wildman–Crippen MR) is 263 cm³/mol. The van der Waals surface area contributed by atoms with Crippen LogP contribution in [0.3, 0.4) is 0 Å². The second-order valence-corrected chi connectivity index (χ2v) is 16.7. The molecule has 0 N–H and O–H groups in total. The van der Waals surface area contributed by atoms with E-state index < -0.39 is 11.7 Å². The maximum Gasteiger partial charge on any atom is 0.418 e. The lowest BCUT2D eigenvalue weighted by atomic mass is 9.99. The van der Waals surface area contributed by atoms with Gasteiger partial charge in [-0.25, -0.2) is 15.0 Å². The number of rotatable bonds is 6. The molecule has 0 spiro atoms. The lowest BCUT2D eigenvalue weighted by molar-refractivity contribution is -0.137. The minimum Gasteiger partial charge on any atom is -0.455 e. The Morgan fingerprint density at radius 2 is 0.896 bits per heavy atom. The van der Waals surface area contributed by atoms with Crippen LogP contribution in [-0.2, 0) is 6.18 Å². The maximum absolute atomic E-state index is 16.5. The molecule has 4 aromatic heterocycles. The standard InChI is InChI=1S/C58H34F3N5O/c59-58(60,61)46-32-45(57-63-55(36-19-7-2-8-20-36)62-56(64-57)37-21-9-3-10-22-37)54-52(41-26-14-16-28-51(41)67-54)53(46)66-48-30-29-38(35-17-5-1-6-18-35)31-42(48)44-34-49-43(33-50(44)66)40-25-13-15-27-47(40)65(49)39-23-11-4-12-24-39/h1-34H. The summed E-state index contributed by atoms with van der Waals surface area (Å²) < 4.78 is 60.2. The molecule has 67 heavy (non-hydrogen) atoms. The molecule has 0 aliphatic rings. The van der Waals surface area contributed by atoms with Gasteiger partial charge < -0.3 is 13.6 Å². The van der Waals surface area contributed by atoms with Crippen LogP contribution < -0.4 is 0 Å². The molecule has 13 aromatic rings. The molecule has 9 aromatic carbocycles. The van der Waals surface area contributed by atoms with Gasteiger partial charge in [-0.05, 0) is 65.7 Å². The van der Waals surface area contributed by atoms with Crippen molar-refractivity contribution >= 4 is 65.6 Å². The summed E-state index contributed by atoms with van der Waals surface area (Å²) in [7, 11) is 0. The summed E-state index contributed by atoms with van der Waals surface area (Å²) in [5.74, 6) is 0.697. The fourth-order valence-corrected chi connectivity index (χ4v) is 9.81. The molecular formula is C58H34F3N5O. The summed E-state index contributed by atoms with van der Waals surface area (Å²) >= 11 is 0. The molecule has 0 saturated carbocycles. The molecule has 13 rings (SSSR count). The average Bonchev–Trinajstić information content (AvgIpc) is 4.03. The van der Waals surface area contributed by atoms with Crippen molar-refractivity contribution in [3.05, 3.63) is 212 Å². The molecule has 0 bridgehead atoms. The Balaban J connectivity index is 1.19. The molecular weight excluding hydrogens is 840 g/mol. The number of furan rings is 1. The van der Waals surface area contributed by atoms with Crippen LogP contribution in [0.5, 0.6) is 0 Å². The highest BCUT2D eigenvalue weighted by molar-refractivity contribution is 6.21. The molecule has 0 fully saturated rings. The quantitative estimate of drug-likeness (QED) is 0.167. The lowest BCUT2D eigenvalue weighted by Crippen LogP contribution is -2.12. The number of para-hydroxylation sites is 3. The highest BCUT2D eigenvalue weighted by Gasteiger charge is 2.39. The Morgan fingerprint density at radius 1 is 0.388 bits per heavy atom. The second kappa shape index (κ2) is 14.9. The van der Waals surface area contributed by atoms with Crippen molar-refractivity contribution in [1.82, 2.24) is 24.1 Å².